The lowest BCUT2D eigenvalue weighted by Crippen LogP contribution is -2.41. The summed E-state index contributed by atoms with van der Waals surface area (Å²) in [7, 11) is 4.72. The highest BCUT2D eigenvalue weighted by molar-refractivity contribution is 5.95. The van der Waals surface area contributed by atoms with E-state index < -0.39 is 5.60 Å². The summed E-state index contributed by atoms with van der Waals surface area (Å²) in [4.78, 5) is 12.9. The van der Waals surface area contributed by atoms with Gasteiger partial charge in [0.05, 0.1) is 27.4 Å². The first-order valence-corrected chi connectivity index (χ1v) is 8.76. The van der Waals surface area contributed by atoms with Crippen LogP contribution in [0.5, 0.6) is 23.0 Å². The van der Waals surface area contributed by atoms with Gasteiger partial charge in [-0.25, -0.2) is 0 Å². The van der Waals surface area contributed by atoms with Gasteiger partial charge >= 0.3 is 0 Å². The number of hydrogen-bond acceptors (Lipinski definition) is 5. The van der Waals surface area contributed by atoms with Crippen LogP contribution in [0.25, 0.3) is 0 Å². The molecule has 6 nitrogen and oxygen atoms in total. The third-order valence-electron chi connectivity index (χ3n) is 4.63. The summed E-state index contributed by atoms with van der Waals surface area (Å²) in [5.41, 5.74) is 1.01. The molecule has 0 unspecified atom stereocenters. The predicted molar refractivity (Wildman–Crippen MR) is 102 cm³/mol. The van der Waals surface area contributed by atoms with Gasteiger partial charge in [0.25, 0.3) is 5.91 Å². The average Bonchev–Trinajstić information content (AvgIpc) is 2.66. The van der Waals surface area contributed by atoms with Gasteiger partial charge in [0.1, 0.15) is 17.1 Å². The SMILES string of the molecule is COc1ccc2c(c1)[C@@H](NC(=O)c1ccc(OC)c(OC)c1)CC(C)(C)O2. The van der Waals surface area contributed by atoms with Crippen molar-refractivity contribution >= 4 is 5.91 Å². The van der Waals surface area contributed by atoms with Crippen LogP contribution in [0.2, 0.25) is 0 Å². The molecule has 1 N–H and O–H groups in total. The lowest BCUT2D eigenvalue weighted by atomic mass is 9.89. The Morgan fingerprint density at radius 1 is 1.04 bits per heavy atom. The van der Waals surface area contributed by atoms with Crippen LogP contribution in [0.3, 0.4) is 0 Å². The van der Waals surface area contributed by atoms with Gasteiger partial charge in [-0.15, -0.1) is 0 Å². The maximum atomic E-state index is 12.9. The summed E-state index contributed by atoms with van der Waals surface area (Å²) >= 11 is 0. The monoisotopic (exact) mass is 371 g/mol. The summed E-state index contributed by atoms with van der Waals surface area (Å²) in [5.74, 6) is 2.38. The molecule has 0 spiro atoms. The molecule has 1 atom stereocenters. The van der Waals surface area contributed by atoms with Crippen molar-refractivity contribution in [3.05, 3.63) is 47.5 Å². The van der Waals surface area contributed by atoms with Gasteiger partial charge in [-0.1, -0.05) is 0 Å². The fourth-order valence-electron chi connectivity index (χ4n) is 3.31. The number of benzene rings is 2. The second-order valence-corrected chi connectivity index (χ2v) is 7.07. The Balaban J connectivity index is 1.89. The van der Waals surface area contributed by atoms with E-state index in [1.54, 1.807) is 39.5 Å². The maximum Gasteiger partial charge on any atom is 0.251 e. The van der Waals surface area contributed by atoms with Crippen LogP contribution in [0.1, 0.15) is 42.2 Å². The van der Waals surface area contributed by atoms with Gasteiger partial charge in [0.2, 0.25) is 0 Å². The largest absolute Gasteiger partial charge is 0.497 e. The lowest BCUT2D eigenvalue weighted by Gasteiger charge is -2.38. The fraction of sp³-hybridized carbons (Fsp3) is 0.381. The average molecular weight is 371 g/mol. The third-order valence-corrected chi connectivity index (χ3v) is 4.63. The van der Waals surface area contributed by atoms with Crippen LogP contribution < -0.4 is 24.3 Å². The first-order valence-electron chi connectivity index (χ1n) is 8.76. The number of ether oxygens (including phenoxy) is 4. The molecule has 3 rings (SSSR count). The highest BCUT2D eigenvalue weighted by Gasteiger charge is 2.35. The van der Waals surface area contributed by atoms with E-state index in [0.29, 0.717) is 23.5 Å². The maximum absolute atomic E-state index is 12.9. The zero-order valence-corrected chi connectivity index (χ0v) is 16.3. The van der Waals surface area contributed by atoms with E-state index in [1.807, 2.05) is 32.0 Å². The molecule has 144 valence electrons. The number of nitrogens with one attached hydrogen (secondary N) is 1. The molecule has 2 aromatic rings. The Hall–Kier alpha value is -2.89. The number of hydrogen-bond donors (Lipinski definition) is 1. The third kappa shape index (κ3) is 3.94. The molecule has 6 heteroatoms. The van der Waals surface area contributed by atoms with Gasteiger partial charge in [-0.2, -0.15) is 0 Å². The van der Waals surface area contributed by atoms with Gasteiger partial charge in [-0.3, -0.25) is 4.79 Å². The van der Waals surface area contributed by atoms with Crippen LogP contribution in [-0.2, 0) is 0 Å². The van der Waals surface area contributed by atoms with E-state index in [-0.39, 0.29) is 11.9 Å². The number of carbonyl (C=O) groups is 1. The molecule has 0 saturated carbocycles. The normalized spacial score (nSPS) is 17.3. The molecule has 0 aromatic heterocycles. The van der Waals surface area contributed by atoms with Crippen molar-refractivity contribution in [2.45, 2.75) is 31.9 Å². The van der Waals surface area contributed by atoms with Crippen molar-refractivity contribution < 1.29 is 23.7 Å². The number of fused-ring (bicyclic) bond motifs is 1. The summed E-state index contributed by atoms with van der Waals surface area (Å²) in [5, 5.41) is 3.12. The topological polar surface area (TPSA) is 66.0 Å². The van der Waals surface area contributed by atoms with E-state index in [9.17, 15) is 4.79 Å². The Kier molecular flexibility index (Phi) is 5.17. The quantitative estimate of drug-likeness (QED) is 0.867. The second kappa shape index (κ2) is 7.39. The minimum atomic E-state index is -0.392. The summed E-state index contributed by atoms with van der Waals surface area (Å²) in [6, 6.07) is 10.6. The van der Waals surface area contributed by atoms with Crippen molar-refractivity contribution in [3.63, 3.8) is 0 Å². The number of rotatable bonds is 5. The molecule has 1 amide bonds. The highest BCUT2D eigenvalue weighted by Crippen LogP contribution is 2.41. The standard InChI is InChI=1S/C21H25NO5/c1-21(2)12-16(15-11-14(24-3)7-9-17(15)27-21)22-20(23)13-6-8-18(25-4)19(10-13)26-5/h6-11,16H,12H2,1-5H3,(H,22,23)/t16-/m0/s1. The number of carbonyl (C=O) groups excluding carboxylic acids is 1. The summed E-state index contributed by atoms with van der Waals surface area (Å²) in [6.45, 7) is 4.02. The second-order valence-electron chi connectivity index (χ2n) is 7.07. The fourth-order valence-corrected chi connectivity index (χ4v) is 3.31. The van der Waals surface area contributed by atoms with Crippen LogP contribution in [-0.4, -0.2) is 32.8 Å². The zero-order chi connectivity index (χ0) is 19.6. The molecule has 1 aliphatic rings. The molecule has 0 saturated heterocycles. The Morgan fingerprint density at radius 2 is 1.78 bits per heavy atom. The molecule has 0 aliphatic carbocycles. The molecule has 27 heavy (non-hydrogen) atoms. The van der Waals surface area contributed by atoms with Crippen molar-refractivity contribution in [2.24, 2.45) is 0 Å². The van der Waals surface area contributed by atoms with Gasteiger partial charge in [-0.05, 0) is 50.2 Å². The van der Waals surface area contributed by atoms with E-state index in [1.165, 1.54) is 0 Å². The molecule has 0 radical (unpaired) electrons. The van der Waals surface area contributed by atoms with Crippen molar-refractivity contribution in [3.8, 4) is 23.0 Å². The first-order chi connectivity index (χ1) is 12.9. The smallest absolute Gasteiger partial charge is 0.251 e. The Labute approximate surface area is 159 Å². The van der Waals surface area contributed by atoms with E-state index in [2.05, 4.69) is 5.32 Å². The minimum Gasteiger partial charge on any atom is -0.497 e. The van der Waals surface area contributed by atoms with E-state index in [0.717, 1.165) is 17.1 Å². The summed E-state index contributed by atoms with van der Waals surface area (Å²) < 4.78 is 21.9. The molecule has 0 bridgehead atoms. The first kappa shape index (κ1) is 18.9. The molecular weight excluding hydrogens is 346 g/mol. The zero-order valence-electron chi connectivity index (χ0n) is 16.3. The van der Waals surface area contributed by atoms with Crippen LogP contribution in [0, 0.1) is 0 Å². The van der Waals surface area contributed by atoms with E-state index >= 15 is 0 Å². The highest BCUT2D eigenvalue weighted by atomic mass is 16.5. The van der Waals surface area contributed by atoms with E-state index in [4.69, 9.17) is 18.9 Å². The molecule has 1 aliphatic heterocycles. The predicted octanol–water partition coefficient (Wildman–Crippen LogP) is 3.74. The van der Waals surface area contributed by atoms with Crippen LogP contribution in [0.4, 0.5) is 0 Å². The van der Waals surface area contributed by atoms with Crippen LogP contribution in [0.15, 0.2) is 36.4 Å². The van der Waals surface area contributed by atoms with Crippen molar-refractivity contribution in [2.75, 3.05) is 21.3 Å². The lowest BCUT2D eigenvalue weighted by molar-refractivity contribution is 0.0618. The van der Waals surface area contributed by atoms with Crippen molar-refractivity contribution in [1.82, 2.24) is 5.32 Å². The summed E-state index contributed by atoms with van der Waals surface area (Å²) in [6.07, 6.45) is 0.645. The Morgan fingerprint density at radius 3 is 2.44 bits per heavy atom. The molecule has 2 aromatic carbocycles. The molecule has 1 heterocycles. The number of amides is 1. The van der Waals surface area contributed by atoms with Crippen molar-refractivity contribution in [1.29, 1.82) is 0 Å². The Bertz CT molecular complexity index is 846. The van der Waals surface area contributed by atoms with Crippen LogP contribution >= 0.6 is 0 Å². The van der Waals surface area contributed by atoms with Gasteiger partial charge < -0.3 is 24.3 Å². The van der Waals surface area contributed by atoms with Gasteiger partial charge in [0.15, 0.2) is 11.5 Å². The minimum absolute atomic E-state index is 0.188. The van der Waals surface area contributed by atoms with Gasteiger partial charge in [0, 0.05) is 17.5 Å². The molecular formula is C21H25NO5. The molecule has 0 fully saturated rings. The number of methoxy groups -OCH3 is 3.